The molecule has 0 aliphatic heterocycles. The number of aliphatic carboxylic acids is 1. The first-order chi connectivity index (χ1) is 9.43. The summed E-state index contributed by atoms with van der Waals surface area (Å²) in [6.45, 7) is 2.12. The number of aryl methyl sites for hydroxylation is 1. The summed E-state index contributed by atoms with van der Waals surface area (Å²) in [6.07, 6.45) is 2.15. The Balaban J connectivity index is 1.91. The Morgan fingerprint density at radius 2 is 2.10 bits per heavy atom. The molecule has 1 aliphatic rings. The van der Waals surface area contributed by atoms with Crippen LogP contribution >= 0.6 is 15.9 Å². The van der Waals surface area contributed by atoms with Gasteiger partial charge in [0.2, 0.25) is 0 Å². The molecule has 0 heterocycles. The van der Waals surface area contributed by atoms with Crippen LogP contribution in [0.4, 0.5) is 10.5 Å². The van der Waals surface area contributed by atoms with Crippen LogP contribution < -0.4 is 10.6 Å². The molecule has 0 radical (unpaired) electrons. The van der Waals surface area contributed by atoms with Crippen molar-refractivity contribution in [2.45, 2.75) is 26.2 Å². The van der Waals surface area contributed by atoms with E-state index in [0.29, 0.717) is 18.5 Å². The summed E-state index contributed by atoms with van der Waals surface area (Å²) in [5, 5.41) is 14.5. The van der Waals surface area contributed by atoms with Crippen molar-refractivity contribution in [1.29, 1.82) is 0 Å². The molecule has 0 aromatic heterocycles. The Morgan fingerprint density at radius 3 is 2.60 bits per heavy atom. The summed E-state index contributed by atoms with van der Waals surface area (Å²) in [5.41, 5.74) is 0.968. The van der Waals surface area contributed by atoms with E-state index in [2.05, 4.69) is 26.6 Å². The van der Waals surface area contributed by atoms with Gasteiger partial charge in [0.15, 0.2) is 0 Å². The molecule has 2 rings (SSSR count). The molecular formula is C14H17BrN2O3. The summed E-state index contributed by atoms with van der Waals surface area (Å²) in [4.78, 5) is 23.0. The average molecular weight is 341 g/mol. The van der Waals surface area contributed by atoms with Crippen molar-refractivity contribution in [2.75, 3.05) is 11.9 Å². The first kappa shape index (κ1) is 14.8. The number of urea groups is 1. The van der Waals surface area contributed by atoms with Crippen molar-refractivity contribution in [1.82, 2.24) is 5.32 Å². The fourth-order valence-corrected chi connectivity index (χ4v) is 2.80. The van der Waals surface area contributed by atoms with E-state index < -0.39 is 11.4 Å². The van der Waals surface area contributed by atoms with Gasteiger partial charge in [-0.05, 0) is 53.4 Å². The van der Waals surface area contributed by atoms with Gasteiger partial charge >= 0.3 is 12.0 Å². The van der Waals surface area contributed by atoms with Gasteiger partial charge in [-0.3, -0.25) is 4.79 Å². The van der Waals surface area contributed by atoms with Gasteiger partial charge in [0, 0.05) is 11.0 Å². The van der Waals surface area contributed by atoms with E-state index in [0.717, 1.165) is 16.5 Å². The molecule has 20 heavy (non-hydrogen) atoms. The van der Waals surface area contributed by atoms with Crippen LogP contribution in [0.2, 0.25) is 0 Å². The Labute approximate surface area is 125 Å². The van der Waals surface area contributed by atoms with Gasteiger partial charge in [0.1, 0.15) is 0 Å². The number of anilines is 1. The van der Waals surface area contributed by atoms with Gasteiger partial charge in [-0.15, -0.1) is 0 Å². The normalized spacial score (nSPS) is 16.1. The van der Waals surface area contributed by atoms with Crippen molar-refractivity contribution in [3.63, 3.8) is 0 Å². The quantitative estimate of drug-likeness (QED) is 0.787. The molecule has 1 aliphatic carbocycles. The third-order valence-corrected chi connectivity index (χ3v) is 4.38. The predicted molar refractivity (Wildman–Crippen MR) is 79.8 cm³/mol. The molecule has 0 bridgehead atoms. The molecule has 0 saturated heterocycles. The minimum Gasteiger partial charge on any atom is -0.481 e. The van der Waals surface area contributed by atoms with Crippen LogP contribution in [0, 0.1) is 12.3 Å². The van der Waals surface area contributed by atoms with Crippen LogP contribution in [-0.2, 0) is 4.79 Å². The highest BCUT2D eigenvalue weighted by molar-refractivity contribution is 9.10. The lowest BCUT2D eigenvalue weighted by Gasteiger charge is -2.37. The van der Waals surface area contributed by atoms with Crippen LogP contribution in [0.1, 0.15) is 24.8 Å². The summed E-state index contributed by atoms with van der Waals surface area (Å²) in [5.74, 6) is -0.833. The molecule has 0 atom stereocenters. The SMILES string of the molecule is Cc1ccc(NC(=O)NCC2(C(=O)O)CCC2)c(Br)c1. The highest BCUT2D eigenvalue weighted by atomic mass is 79.9. The van der Waals surface area contributed by atoms with Crippen molar-refractivity contribution in [2.24, 2.45) is 5.41 Å². The topological polar surface area (TPSA) is 78.4 Å². The zero-order valence-corrected chi connectivity index (χ0v) is 12.8. The van der Waals surface area contributed by atoms with E-state index in [-0.39, 0.29) is 12.6 Å². The van der Waals surface area contributed by atoms with Crippen molar-refractivity contribution >= 4 is 33.6 Å². The van der Waals surface area contributed by atoms with Crippen LogP contribution in [0.3, 0.4) is 0 Å². The second-order valence-corrected chi connectivity index (χ2v) is 6.08. The molecule has 1 aromatic rings. The van der Waals surface area contributed by atoms with Crippen LogP contribution in [0.25, 0.3) is 0 Å². The van der Waals surface area contributed by atoms with Crippen molar-refractivity contribution < 1.29 is 14.7 Å². The minimum atomic E-state index is -0.833. The lowest BCUT2D eigenvalue weighted by atomic mass is 9.69. The lowest BCUT2D eigenvalue weighted by molar-refractivity contribution is -0.153. The fourth-order valence-electron chi connectivity index (χ4n) is 2.21. The number of benzene rings is 1. The minimum absolute atomic E-state index is 0.164. The van der Waals surface area contributed by atoms with Crippen molar-refractivity contribution in [3.05, 3.63) is 28.2 Å². The molecule has 0 unspecified atom stereocenters. The second-order valence-electron chi connectivity index (χ2n) is 5.23. The Morgan fingerprint density at radius 1 is 1.40 bits per heavy atom. The molecule has 108 valence electrons. The van der Waals surface area contributed by atoms with Gasteiger partial charge in [-0.25, -0.2) is 4.79 Å². The number of amides is 2. The first-order valence-electron chi connectivity index (χ1n) is 6.47. The lowest BCUT2D eigenvalue weighted by Crippen LogP contribution is -2.48. The second kappa shape index (κ2) is 5.83. The zero-order chi connectivity index (χ0) is 14.8. The number of carboxylic acids is 1. The van der Waals surface area contributed by atoms with Gasteiger partial charge in [-0.1, -0.05) is 12.5 Å². The molecule has 1 fully saturated rings. The zero-order valence-electron chi connectivity index (χ0n) is 11.2. The molecule has 0 spiro atoms. The van der Waals surface area contributed by atoms with E-state index in [4.69, 9.17) is 0 Å². The Hall–Kier alpha value is -1.56. The average Bonchev–Trinajstić information content (AvgIpc) is 2.31. The molecule has 1 aromatic carbocycles. The number of hydrogen-bond acceptors (Lipinski definition) is 2. The monoisotopic (exact) mass is 340 g/mol. The number of carbonyl (C=O) groups is 2. The Kier molecular flexibility index (Phi) is 4.32. The van der Waals surface area contributed by atoms with E-state index in [1.54, 1.807) is 6.07 Å². The maximum Gasteiger partial charge on any atom is 0.319 e. The Bertz CT molecular complexity index is 541. The molecular weight excluding hydrogens is 324 g/mol. The number of carbonyl (C=O) groups excluding carboxylic acids is 1. The van der Waals surface area contributed by atoms with Gasteiger partial charge < -0.3 is 15.7 Å². The molecule has 1 saturated carbocycles. The van der Waals surface area contributed by atoms with E-state index in [1.165, 1.54) is 0 Å². The fraction of sp³-hybridized carbons (Fsp3) is 0.429. The van der Waals surface area contributed by atoms with Gasteiger partial charge in [-0.2, -0.15) is 0 Å². The van der Waals surface area contributed by atoms with Gasteiger partial charge in [0.25, 0.3) is 0 Å². The first-order valence-corrected chi connectivity index (χ1v) is 7.27. The highest BCUT2D eigenvalue weighted by Crippen LogP contribution is 2.40. The number of halogens is 1. The predicted octanol–water partition coefficient (Wildman–Crippen LogP) is 3.13. The van der Waals surface area contributed by atoms with Crippen LogP contribution in [0.15, 0.2) is 22.7 Å². The number of carboxylic acid groups (broad SMARTS) is 1. The standard InChI is InChI=1S/C14H17BrN2O3/c1-9-3-4-11(10(15)7-9)17-13(20)16-8-14(12(18)19)5-2-6-14/h3-4,7H,2,5-6,8H2,1H3,(H,18,19)(H2,16,17,20). The number of nitrogens with one attached hydrogen (secondary N) is 2. The third-order valence-electron chi connectivity index (χ3n) is 3.72. The number of hydrogen-bond donors (Lipinski definition) is 3. The number of rotatable bonds is 4. The largest absolute Gasteiger partial charge is 0.481 e. The summed E-state index contributed by atoms with van der Waals surface area (Å²) in [6, 6.07) is 5.21. The van der Waals surface area contributed by atoms with E-state index in [9.17, 15) is 14.7 Å². The molecule has 2 amide bonds. The van der Waals surface area contributed by atoms with Gasteiger partial charge in [0.05, 0.1) is 11.1 Å². The maximum atomic E-state index is 11.8. The summed E-state index contributed by atoms with van der Waals surface area (Å²) < 4.78 is 0.796. The van der Waals surface area contributed by atoms with Crippen LogP contribution in [-0.4, -0.2) is 23.7 Å². The smallest absolute Gasteiger partial charge is 0.319 e. The summed E-state index contributed by atoms with van der Waals surface area (Å²) in [7, 11) is 0. The van der Waals surface area contributed by atoms with E-state index in [1.807, 2.05) is 19.1 Å². The molecule has 5 nitrogen and oxygen atoms in total. The van der Waals surface area contributed by atoms with Crippen LogP contribution in [0.5, 0.6) is 0 Å². The third kappa shape index (κ3) is 3.12. The molecule has 6 heteroatoms. The summed E-state index contributed by atoms with van der Waals surface area (Å²) >= 11 is 3.38. The van der Waals surface area contributed by atoms with E-state index >= 15 is 0 Å². The maximum absolute atomic E-state index is 11.8. The highest BCUT2D eigenvalue weighted by Gasteiger charge is 2.44. The van der Waals surface area contributed by atoms with Crippen molar-refractivity contribution in [3.8, 4) is 0 Å². The molecule has 3 N–H and O–H groups in total.